The Bertz CT molecular complexity index is 443. The van der Waals surface area contributed by atoms with Crippen molar-refractivity contribution in [2.45, 2.75) is 38.1 Å². The smallest absolute Gasteiger partial charge is 0.401 e. The SMILES string of the molecule is CCOc1ccc(C(O)CN(CC(F)(F)F)C2CC2)cc1. The summed E-state index contributed by atoms with van der Waals surface area (Å²) in [5.41, 5.74) is 0.603. The van der Waals surface area contributed by atoms with E-state index in [0.29, 0.717) is 17.9 Å². The molecule has 1 aliphatic rings. The molecule has 0 aliphatic heterocycles. The molecule has 118 valence electrons. The van der Waals surface area contributed by atoms with Gasteiger partial charge in [0, 0.05) is 12.6 Å². The monoisotopic (exact) mass is 303 g/mol. The first-order valence-electron chi connectivity index (χ1n) is 7.10. The molecule has 0 saturated heterocycles. The Morgan fingerprint density at radius 3 is 2.38 bits per heavy atom. The average molecular weight is 303 g/mol. The molecule has 1 aromatic rings. The lowest BCUT2D eigenvalue weighted by Crippen LogP contribution is -2.38. The number of ether oxygens (including phenoxy) is 1. The molecule has 0 spiro atoms. The molecule has 0 bridgehead atoms. The second kappa shape index (κ2) is 6.66. The number of aliphatic hydroxyl groups is 1. The van der Waals surface area contributed by atoms with Crippen molar-refractivity contribution in [3.8, 4) is 5.75 Å². The molecular formula is C15H20F3NO2. The second-order valence-electron chi connectivity index (χ2n) is 5.29. The van der Waals surface area contributed by atoms with Crippen LogP contribution in [-0.4, -0.2) is 41.9 Å². The van der Waals surface area contributed by atoms with Gasteiger partial charge in [0.25, 0.3) is 0 Å². The van der Waals surface area contributed by atoms with Gasteiger partial charge in [-0.25, -0.2) is 0 Å². The summed E-state index contributed by atoms with van der Waals surface area (Å²) in [4.78, 5) is 1.32. The average Bonchev–Trinajstić information content (AvgIpc) is 3.22. The summed E-state index contributed by atoms with van der Waals surface area (Å²) in [6.45, 7) is 1.44. The van der Waals surface area contributed by atoms with Crippen molar-refractivity contribution < 1.29 is 23.0 Å². The van der Waals surface area contributed by atoms with Crippen LogP contribution in [0.1, 0.15) is 31.4 Å². The second-order valence-corrected chi connectivity index (χ2v) is 5.29. The zero-order valence-electron chi connectivity index (χ0n) is 11.9. The number of hydrogen-bond donors (Lipinski definition) is 1. The number of aliphatic hydroxyl groups excluding tert-OH is 1. The maximum atomic E-state index is 12.5. The normalized spacial score (nSPS) is 17.0. The molecule has 0 aromatic heterocycles. The van der Waals surface area contributed by atoms with Crippen molar-refractivity contribution >= 4 is 0 Å². The fraction of sp³-hybridized carbons (Fsp3) is 0.600. The van der Waals surface area contributed by atoms with Gasteiger partial charge in [0.05, 0.1) is 19.3 Å². The minimum absolute atomic E-state index is 0.00183. The lowest BCUT2D eigenvalue weighted by atomic mass is 10.1. The zero-order chi connectivity index (χ0) is 15.5. The first-order valence-corrected chi connectivity index (χ1v) is 7.10. The van der Waals surface area contributed by atoms with E-state index in [9.17, 15) is 18.3 Å². The maximum Gasteiger partial charge on any atom is 0.401 e. The number of benzene rings is 1. The third-order valence-corrected chi connectivity index (χ3v) is 3.43. The molecule has 0 heterocycles. The summed E-state index contributed by atoms with van der Waals surface area (Å²) >= 11 is 0. The molecule has 0 amide bonds. The van der Waals surface area contributed by atoms with E-state index in [-0.39, 0.29) is 12.6 Å². The Labute approximate surface area is 122 Å². The topological polar surface area (TPSA) is 32.7 Å². The maximum absolute atomic E-state index is 12.5. The highest BCUT2D eigenvalue weighted by molar-refractivity contribution is 5.28. The van der Waals surface area contributed by atoms with Crippen LogP contribution in [0.3, 0.4) is 0 Å². The largest absolute Gasteiger partial charge is 0.494 e. The number of alkyl halides is 3. The van der Waals surface area contributed by atoms with Crippen LogP contribution in [0.15, 0.2) is 24.3 Å². The number of rotatable bonds is 7. The fourth-order valence-electron chi connectivity index (χ4n) is 2.29. The van der Waals surface area contributed by atoms with Gasteiger partial charge in [0.15, 0.2) is 0 Å². The predicted molar refractivity (Wildman–Crippen MR) is 73.2 cm³/mol. The van der Waals surface area contributed by atoms with Crippen molar-refractivity contribution in [1.82, 2.24) is 4.90 Å². The van der Waals surface area contributed by atoms with Crippen LogP contribution in [0.4, 0.5) is 13.2 Å². The molecule has 6 heteroatoms. The molecular weight excluding hydrogens is 283 g/mol. The highest BCUT2D eigenvalue weighted by Crippen LogP contribution is 2.32. The molecule has 1 atom stereocenters. The zero-order valence-corrected chi connectivity index (χ0v) is 11.9. The van der Waals surface area contributed by atoms with Crippen molar-refractivity contribution in [3.63, 3.8) is 0 Å². The molecule has 1 N–H and O–H groups in total. The van der Waals surface area contributed by atoms with Crippen LogP contribution < -0.4 is 4.74 Å². The molecule has 1 aromatic carbocycles. The Hall–Kier alpha value is -1.27. The lowest BCUT2D eigenvalue weighted by Gasteiger charge is -2.26. The van der Waals surface area contributed by atoms with Crippen LogP contribution >= 0.6 is 0 Å². The summed E-state index contributed by atoms with van der Waals surface area (Å²) in [5.74, 6) is 0.683. The molecule has 0 radical (unpaired) electrons. The van der Waals surface area contributed by atoms with Gasteiger partial charge in [-0.2, -0.15) is 13.2 Å². The molecule has 1 unspecified atom stereocenters. The van der Waals surface area contributed by atoms with E-state index in [1.807, 2.05) is 6.92 Å². The molecule has 2 rings (SSSR count). The fourth-order valence-corrected chi connectivity index (χ4v) is 2.29. The van der Waals surface area contributed by atoms with Gasteiger partial charge in [0.1, 0.15) is 5.75 Å². The van der Waals surface area contributed by atoms with Gasteiger partial charge in [-0.1, -0.05) is 12.1 Å². The summed E-state index contributed by atoms with van der Waals surface area (Å²) in [6.07, 6.45) is -3.62. The number of hydrogen-bond acceptors (Lipinski definition) is 3. The van der Waals surface area contributed by atoms with Crippen LogP contribution in [0.5, 0.6) is 5.75 Å². The van der Waals surface area contributed by atoms with E-state index >= 15 is 0 Å². The van der Waals surface area contributed by atoms with E-state index in [0.717, 1.165) is 12.8 Å². The predicted octanol–water partition coefficient (Wildman–Crippen LogP) is 3.15. The first kappa shape index (κ1) is 16.1. The molecule has 1 aliphatic carbocycles. The van der Waals surface area contributed by atoms with Gasteiger partial charge in [-0.3, -0.25) is 4.90 Å². The van der Waals surface area contributed by atoms with Gasteiger partial charge in [-0.05, 0) is 37.5 Å². The third kappa shape index (κ3) is 5.21. The van der Waals surface area contributed by atoms with Crippen LogP contribution in [0.25, 0.3) is 0 Å². The molecule has 1 saturated carbocycles. The summed E-state index contributed by atoms with van der Waals surface area (Å²) < 4.78 is 42.9. The highest BCUT2D eigenvalue weighted by atomic mass is 19.4. The van der Waals surface area contributed by atoms with Crippen molar-refractivity contribution in [1.29, 1.82) is 0 Å². The van der Waals surface area contributed by atoms with Crippen molar-refractivity contribution in [3.05, 3.63) is 29.8 Å². The van der Waals surface area contributed by atoms with Gasteiger partial charge >= 0.3 is 6.18 Å². The Morgan fingerprint density at radius 1 is 1.29 bits per heavy atom. The lowest BCUT2D eigenvalue weighted by molar-refractivity contribution is -0.149. The first-order chi connectivity index (χ1) is 9.89. The van der Waals surface area contributed by atoms with E-state index in [2.05, 4.69) is 0 Å². The van der Waals surface area contributed by atoms with Crippen molar-refractivity contribution in [2.24, 2.45) is 0 Å². The van der Waals surface area contributed by atoms with Crippen molar-refractivity contribution in [2.75, 3.05) is 19.7 Å². The number of halogens is 3. The Morgan fingerprint density at radius 2 is 1.90 bits per heavy atom. The molecule has 21 heavy (non-hydrogen) atoms. The molecule has 3 nitrogen and oxygen atoms in total. The summed E-state index contributed by atoms with van der Waals surface area (Å²) in [5, 5.41) is 10.1. The van der Waals surface area contributed by atoms with E-state index in [4.69, 9.17) is 4.74 Å². The van der Waals surface area contributed by atoms with Crippen LogP contribution in [-0.2, 0) is 0 Å². The van der Waals surface area contributed by atoms with Gasteiger partial charge in [-0.15, -0.1) is 0 Å². The standard InChI is InChI=1S/C15H20F3NO2/c1-2-21-13-7-3-11(4-8-13)14(20)9-19(12-5-6-12)10-15(16,17)18/h3-4,7-8,12,14,20H,2,5-6,9-10H2,1H3. The van der Waals surface area contributed by atoms with Crippen LogP contribution in [0, 0.1) is 0 Å². The minimum atomic E-state index is -4.23. The molecule has 1 fully saturated rings. The Kier molecular flexibility index (Phi) is 5.11. The summed E-state index contributed by atoms with van der Waals surface area (Å²) in [7, 11) is 0. The van der Waals surface area contributed by atoms with E-state index in [1.165, 1.54) is 4.90 Å². The van der Waals surface area contributed by atoms with Gasteiger partial charge in [0.2, 0.25) is 0 Å². The van der Waals surface area contributed by atoms with E-state index < -0.39 is 18.8 Å². The highest BCUT2D eigenvalue weighted by Gasteiger charge is 2.38. The van der Waals surface area contributed by atoms with Gasteiger partial charge < -0.3 is 9.84 Å². The van der Waals surface area contributed by atoms with E-state index in [1.54, 1.807) is 24.3 Å². The third-order valence-electron chi connectivity index (χ3n) is 3.43. The summed E-state index contributed by atoms with van der Waals surface area (Å²) in [6, 6.07) is 6.76. The van der Waals surface area contributed by atoms with Crippen LogP contribution in [0.2, 0.25) is 0 Å². The Balaban J connectivity index is 1.96. The number of nitrogens with zero attached hydrogens (tertiary/aromatic N) is 1. The minimum Gasteiger partial charge on any atom is -0.494 e. The quantitative estimate of drug-likeness (QED) is 0.840.